The van der Waals surface area contributed by atoms with Crippen molar-refractivity contribution in [2.24, 2.45) is 5.92 Å². The van der Waals surface area contributed by atoms with Gasteiger partial charge >= 0.3 is 0 Å². The van der Waals surface area contributed by atoms with Crippen LogP contribution in [-0.4, -0.2) is 37.7 Å². The first-order valence-electron chi connectivity index (χ1n) is 7.65. The van der Waals surface area contributed by atoms with E-state index in [4.69, 9.17) is 10.00 Å². The molecule has 1 saturated heterocycles. The maximum absolute atomic E-state index is 8.98. The SMILES string of the molecule is COc1cc(CNCC2CCN(C(C)C)C2)ccc1C#N. The number of methoxy groups -OCH3 is 1. The molecule has 0 bridgehead atoms. The monoisotopic (exact) mass is 287 g/mol. The number of rotatable bonds is 6. The summed E-state index contributed by atoms with van der Waals surface area (Å²) in [5.41, 5.74) is 1.74. The summed E-state index contributed by atoms with van der Waals surface area (Å²) < 4.78 is 5.24. The summed E-state index contributed by atoms with van der Waals surface area (Å²) >= 11 is 0. The van der Waals surface area contributed by atoms with Crippen LogP contribution in [0.15, 0.2) is 18.2 Å². The molecule has 1 atom stereocenters. The molecule has 0 radical (unpaired) electrons. The summed E-state index contributed by atoms with van der Waals surface area (Å²) in [6.07, 6.45) is 1.28. The highest BCUT2D eigenvalue weighted by Gasteiger charge is 2.23. The number of nitrogens with one attached hydrogen (secondary N) is 1. The first-order chi connectivity index (χ1) is 10.1. The number of benzene rings is 1. The summed E-state index contributed by atoms with van der Waals surface area (Å²) in [6, 6.07) is 8.55. The standard InChI is InChI=1S/C17H25N3O/c1-13(2)20-7-6-15(12-20)11-19-10-14-4-5-16(9-18)17(8-14)21-3/h4-5,8,13,15,19H,6-7,10-12H2,1-3H3. The van der Waals surface area contributed by atoms with Crippen molar-refractivity contribution in [3.05, 3.63) is 29.3 Å². The van der Waals surface area contributed by atoms with Gasteiger partial charge in [0.25, 0.3) is 0 Å². The molecule has 4 heteroatoms. The second-order valence-corrected chi connectivity index (χ2v) is 6.02. The van der Waals surface area contributed by atoms with Gasteiger partial charge in [0.15, 0.2) is 0 Å². The van der Waals surface area contributed by atoms with Gasteiger partial charge in [-0.05, 0) is 57.0 Å². The highest BCUT2D eigenvalue weighted by atomic mass is 16.5. The van der Waals surface area contributed by atoms with Crippen molar-refractivity contribution in [3.63, 3.8) is 0 Å². The highest BCUT2D eigenvalue weighted by molar-refractivity contribution is 5.45. The number of hydrogen-bond donors (Lipinski definition) is 1. The molecule has 2 rings (SSSR count). The Bertz CT molecular complexity index is 507. The molecule has 114 valence electrons. The van der Waals surface area contributed by atoms with Crippen LogP contribution in [0, 0.1) is 17.2 Å². The van der Waals surface area contributed by atoms with E-state index in [0.717, 1.165) is 24.6 Å². The van der Waals surface area contributed by atoms with Crippen molar-refractivity contribution in [1.82, 2.24) is 10.2 Å². The van der Waals surface area contributed by atoms with E-state index in [1.807, 2.05) is 18.2 Å². The van der Waals surface area contributed by atoms with Gasteiger partial charge in [0.1, 0.15) is 11.8 Å². The molecule has 1 aromatic rings. The van der Waals surface area contributed by atoms with Crippen molar-refractivity contribution in [2.75, 3.05) is 26.7 Å². The van der Waals surface area contributed by atoms with Crippen LogP contribution in [0.1, 0.15) is 31.4 Å². The lowest BCUT2D eigenvalue weighted by Crippen LogP contribution is -2.30. The lowest BCUT2D eigenvalue weighted by atomic mass is 10.1. The molecular formula is C17H25N3O. The molecule has 0 spiro atoms. The Morgan fingerprint density at radius 2 is 2.29 bits per heavy atom. The minimum atomic E-state index is 0.588. The summed E-state index contributed by atoms with van der Waals surface area (Å²) in [7, 11) is 1.60. The zero-order valence-corrected chi connectivity index (χ0v) is 13.2. The van der Waals surface area contributed by atoms with Crippen molar-refractivity contribution in [3.8, 4) is 11.8 Å². The van der Waals surface area contributed by atoms with Crippen LogP contribution < -0.4 is 10.1 Å². The van der Waals surface area contributed by atoms with E-state index in [-0.39, 0.29) is 0 Å². The number of nitrogens with zero attached hydrogens (tertiary/aromatic N) is 2. The van der Waals surface area contributed by atoms with Gasteiger partial charge in [0.05, 0.1) is 12.7 Å². The third-order valence-electron chi connectivity index (χ3n) is 4.20. The Morgan fingerprint density at radius 3 is 2.90 bits per heavy atom. The first kappa shape index (κ1) is 15.8. The molecule has 0 aromatic heterocycles. The highest BCUT2D eigenvalue weighted by Crippen LogP contribution is 2.20. The lowest BCUT2D eigenvalue weighted by Gasteiger charge is -2.20. The van der Waals surface area contributed by atoms with Gasteiger partial charge in [-0.3, -0.25) is 0 Å². The van der Waals surface area contributed by atoms with Crippen LogP contribution in [0.25, 0.3) is 0 Å². The molecule has 0 saturated carbocycles. The molecule has 1 aromatic carbocycles. The van der Waals surface area contributed by atoms with Crippen LogP contribution in [0.5, 0.6) is 5.75 Å². The van der Waals surface area contributed by atoms with Crippen LogP contribution in [0.3, 0.4) is 0 Å². The Hall–Kier alpha value is -1.57. The van der Waals surface area contributed by atoms with Gasteiger partial charge in [0.2, 0.25) is 0 Å². The normalized spacial score (nSPS) is 18.9. The van der Waals surface area contributed by atoms with E-state index in [2.05, 4.69) is 30.1 Å². The van der Waals surface area contributed by atoms with E-state index < -0.39 is 0 Å². The number of hydrogen-bond acceptors (Lipinski definition) is 4. The van der Waals surface area contributed by atoms with Gasteiger partial charge in [-0.25, -0.2) is 0 Å². The average Bonchev–Trinajstić information content (AvgIpc) is 2.96. The zero-order valence-electron chi connectivity index (χ0n) is 13.2. The predicted octanol–water partition coefficient (Wildman–Crippen LogP) is 2.39. The number of ether oxygens (including phenoxy) is 1. The van der Waals surface area contributed by atoms with Crippen molar-refractivity contribution < 1.29 is 4.74 Å². The molecule has 1 heterocycles. The molecule has 1 unspecified atom stereocenters. The second kappa shape index (κ2) is 7.44. The summed E-state index contributed by atoms with van der Waals surface area (Å²) in [6.45, 7) is 8.81. The maximum atomic E-state index is 8.98. The quantitative estimate of drug-likeness (QED) is 0.873. The van der Waals surface area contributed by atoms with Crippen LogP contribution in [0.4, 0.5) is 0 Å². The van der Waals surface area contributed by atoms with Crippen LogP contribution >= 0.6 is 0 Å². The van der Waals surface area contributed by atoms with Crippen molar-refractivity contribution in [2.45, 2.75) is 32.9 Å². The van der Waals surface area contributed by atoms with Gasteiger partial charge in [-0.1, -0.05) is 6.07 Å². The molecule has 1 N–H and O–H groups in total. The van der Waals surface area contributed by atoms with Gasteiger partial charge in [0, 0.05) is 19.1 Å². The maximum Gasteiger partial charge on any atom is 0.136 e. The molecule has 0 amide bonds. The van der Waals surface area contributed by atoms with E-state index >= 15 is 0 Å². The molecule has 0 aliphatic carbocycles. The van der Waals surface area contributed by atoms with Gasteiger partial charge in [-0.2, -0.15) is 5.26 Å². The van der Waals surface area contributed by atoms with Crippen LogP contribution in [-0.2, 0) is 6.54 Å². The minimum absolute atomic E-state index is 0.588. The van der Waals surface area contributed by atoms with Crippen LogP contribution in [0.2, 0.25) is 0 Å². The summed E-state index contributed by atoms with van der Waals surface area (Å²) in [4.78, 5) is 2.54. The fourth-order valence-corrected chi connectivity index (χ4v) is 2.86. The third-order valence-corrected chi connectivity index (χ3v) is 4.20. The second-order valence-electron chi connectivity index (χ2n) is 6.02. The molecule has 1 aliphatic heterocycles. The van der Waals surface area contributed by atoms with Gasteiger partial charge < -0.3 is 15.0 Å². The summed E-state index contributed by atoms with van der Waals surface area (Å²) in [5, 5.41) is 12.5. The molecule has 4 nitrogen and oxygen atoms in total. The molecule has 1 aliphatic rings. The fourth-order valence-electron chi connectivity index (χ4n) is 2.86. The first-order valence-corrected chi connectivity index (χ1v) is 7.65. The number of likely N-dealkylation sites (tertiary alicyclic amines) is 1. The molecular weight excluding hydrogens is 262 g/mol. The lowest BCUT2D eigenvalue weighted by molar-refractivity contribution is 0.264. The fraction of sp³-hybridized carbons (Fsp3) is 0.588. The zero-order chi connectivity index (χ0) is 15.2. The van der Waals surface area contributed by atoms with Gasteiger partial charge in [-0.15, -0.1) is 0 Å². The largest absolute Gasteiger partial charge is 0.495 e. The number of nitriles is 1. The smallest absolute Gasteiger partial charge is 0.136 e. The third kappa shape index (κ3) is 4.20. The van der Waals surface area contributed by atoms with Crippen molar-refractivity contribution >= 4 is 0 Å². The predicted molar refractivity (Wildman–Crippen MR) is 84.2 cm³/mol. The van der Waals surface area contributed by atoms with E-state index in [9.17, 15) is 0 Å². The Balaban J connectivity index is 1.80. The van der Waals surface area contributed by atoms with E-state index in [0.29, 0.717) is 17.4 Å². The Kier molecular flexibility index (Phi) is 5.60. The van der Waals surface area contributed by atoms with E-state index in [1.54, 1.807) is 7.11 Å². The Labute approximate surface area is 127 Å². The van der Waals surface area contributed by atoms with E-state index in [1.165, 1.54) is 19.5 Å². The van der Waals surface area contributed by atoms with Crippen molar-refractivity contribution in [1.29, 1.82) is 5.26 Å². The topological polar surface area (TPSA) is 48.3 Å². The Morgan fingerprint density at radius 1 is 1.48 bits per heavy atom. The minimum Gasteiger partial charge on any atom is -0.495 e. The summed E-state index contributed by atoms with van der Waals surface area (Å²) in [5.74, 6) is 1.40. The average molecular weight is 287 g/mol. The molecule has 21 heavy (non-hydrogen) atoms. The molecule has 1 fully saturated rings.